The van der Waals surface area contributed by atoms with E-state index in [1.807, 2.05) is 4.90 Å². The number of amides is 3. The molecule has 1 aromatic rings. The van der Waals surface area contributed by atoms with Crippen molar-refractivity contribution in [2.24, 2.45) is 0 Å². The Morgan fingerprint density at radius 3 is 2.34 bits per heavy atom. The number of anilines is 1. The van der Waals surface area contributed by atoms with E-state index in [1.54, 1.807) is 24.3 Å². The molecule has 0 bridgehead atoms. The molecular formula is C22H31N5O5. The number of hydrogen-bond acceptors (Lipinski definition) is 7. The molecule has 0 radical (unpaired) electrons. The van der Waals surface area contributed by atoms with Crippen LogP contribution in [0.15, 0.2) is 24.3 Å². The van der Waals surface area contributed by atoms with Crippen molar-refractivity contribution in [1.82, 2.24) is 20.0 Å². The summed E-state index contributed by atoms with van der Waals surface area (Å²) in [6.45, 7) is 6.13. The zero-order valence-electron chi connectivity index (χ0n) is 18.4. The maximum atomic E-state index is 13.0. The van der Waals surface area contributed by atoms with Gasteiger partial charge in [-0.1, -0.05) is 0 Å². The fourth-order valence-electron chi connectivity index (χ4n) is 3.99. The average molecular weight is 446 g/mol. The van der Waals surface area contributed by atoms with Gasteiger partial charge < -0.3 is 20.6 Å². The van der Waals surface area contributed by atoms with E-state index < -0.39 is 6.04 Å². The smallest absolute Gasteiger partial charge is 0.243 e. The molecule has 0 spiro atoms. The lowest BCUT2D eigenvalue weighted by atomic mass is 10.1. The van der Waals surface area contributed by atoms with Crippen LogP contribution in [0.1, 0.15) is 23.7 Å². The molecular weight excluding hydrogens is 414 g/mol. The van der Waals surface area contributed by atoms with Gasteiger partial charge in [-0.15, -0.1) is 0 Å². The molecule has 0 saturated carbocycles. The van der Waals surface area contributed by atoms with E-state index in [0.29, 0.717) is 44.0 Å². The van der Waals surface area contributed by atoms with Gasteiger partial charge in [-0.05, 0) is 31.2 Å². The van der Waals surface area contributed by atoms with Crippen LogP contribution in [0.3, 0.4) is 0 Å². The van der Waals surface area contributed by atoms with Crippen LogP contribution in [0, 0.1) is 0 Å². The highest BCUT2D eigenvalue weighted by molar-refractivity contribution is 5.98. The third-order valence-electron chi connectivity index (χ3n) is 5.85. The average Bonchev–Trinajstić information content (AvgIpc) is 2.77. The molecule has 2 aliphatic rings. The van der Waals surface area contributed by atoms with Crippen LogP contribution >= 0.6 is 0 Å². The Bertz CT molecular complexity index is 836. The molecule has 10 nitrogen and oxygen atoms in total. The van der Waals surface area contributed by atoms with Crippen molar-refractivity contribution in [3.63, 3.8) is 0 Å². The van der Waals surface area contributed by atoms with Crippen molar-refractivity contribution in [3.8, 4) is 0 Å². The number of carbonyl (C=O) groups excluding carboxylic acids is 4. The SMILES string of the molecule is CC(=O)c1ccc(NC(=O)CC2C(=O)NCCN2C(=O)CN2CCN(CCO)CC2)cc1. The highest BCUT2D eigenvalue weighted by Crippen LogP contribution is 2.14. The number of carbonyl (C=O) groups is 4. The van der Waals surface area contributed by atoms with Crippen molar-refractivity contribution in [1.29, 1.82) is 0 Å². The largest absolute Gasteiger partial charge is 0.395 e. The number of Topliss-reactive ketones (excluding diaryl/α,β-unsaturated/α-hetero) is 1. The van der Waals surface area contributed by atoms with E-state index >= 15 is 0 Å². The molecule has 0 aliphatic carbocycles. The lowest BCUT2D eigenvalue weighted by Gasteiger charge is -2.38. The topological polar surface area (TPSA) is 122 Å². The van der Waals surface area contributed by atoms with Crippen LogP contribution in [-0.4, -0.2) is 108 Å². The standard InChI is InChI=1S/C22H31N5O5/c1-16(29)17-2-4-18(5-3-17)24-20(30)14-19-22(32)23-6-7-27(19)21(31)15-26-10-8-25(9-11-26)12-13-28/h2-5,19,28H,6-15H2,1H3,(H,23,32)(H,24,30). The molecule has 2 heterocycles. The first kappa shape index (κ1) is 23.8. The second kappa shape index (κ2) is 11.2. The van der Waals surface area contributed by atoms with Crippen molar-refractivity contribution in [2.75, 3.05) is 64.3 Å². The first-order valence-corrected chi connectivity index (χ1v) is 10.9. The highest BCUT2D eigenvalue weighted by Gasteiger charge is 2.35. The van der Waals surface area contributed by atoms with E-state index in [2.05, 4.69) is 15.5 Å². The van der Waals surface area contributed by atoms with E-state index in [9.17, 15) is 19.2 Å². The van der Waals surface area contributed by atoms with Gasteiger partial charge in [0.05, 0.1) is 19.6 Å². The summed E-state index contributed by atoms with van der Waals surface area (Å²) < 4.78 is 0. The molecule has 2 aliphatic heterocycles. The van der Waals surface area contributed by atoms with Crippen LogP contribution in [0.4, 0.5) is 5.69 Å². The second-order valence-electron chi connectivity index (χ2n) is 8.12. The number of β-amino-alcohol motifs (C(OH)–C–C–N with tert-alkyl or cyclic N) is 1. The van der Waals surface area contributed by atoms with Crippen LogP contribution < -0.4 is 10.6 Å². The third kappa shape index (κ3) is 6.35. The zero-order valence-corrected chi connectivity index (χ0v) is 18.4. The number of nitrogens with one attached hydrogen (secondary N) is 2. The number of rotatable bonds is 8. The van der Waals surface area contributed by atoms with E-state index in [4.69, 9.17) is 5.11 Å². The van der Waals surface area contributed by atoms with E-state index in [-0.39, 0.29) is 43.1 Å². The molecule has 3 rings (SSSR count). The van der Waals surface area contributed by atoms with Gasteiger partial charge in [-0.2, -0.15) is 0 Å². The summed E-state index contributed by atoms with van der Waals surface area (Å²) in [5.41, 5.74) is 1.07. The fourth-order valence-corrected chi connectivity index (χ4v) is 3.99. The summed E-state index contributed by atoms with van der Waals surface area (Å²) in [7, 11) is 0. The summed E-state index contributed by atoms with van der Waals surface area (Å²) in [5, 5.41) is 14.5. The molecule has 10 heteroatoms. The Labute approximate surface area is 187 Å². The lowest BCUT2D eigenvalue weighted by molar-refractivity contribution is -0.145. The zero-order chi connectivity index (χ0) is 23.1. The lowest BCUT2D eigenvalue weighted by Crippen LogP contribution is -2.60. The molecule has 2 saturated heterocycles. The molecule has 3 N–H and O–H groups in total. The monoisotopic (exact) mass is 445 g/mol. The van der Waals surface area contributed by atoms with Crippen LogP contribution in [-0.2, 0) is 14.4 Å². The molecule has 1 unspecified atom stereocenters. The Hall–Kier alpha value is -2.82. The Balaban J connectivity index is 1.56. The van der Waals surface area contributed by atoms with Gasteiger partial charge in [0.25, 0.3) is 0 Å². The summed E-state index contributed by atoms with van der Waals surface area (Å²) >= 11 is 0. The normalized spacial score (nSPS) is 20.0. The summed E-state index contributed by atoms with van der Waals surface area (Å²) in [6.07, 6.45) is -0.143. The van der Waals surface area contributed by atoms with Gasteiger partial charge in [0.15, 0.2) is 5.78 Å². The number of nitrogens with zero attached hydrogens (tertiary/aromatic N) is 3. The van der Waals surface area contributed by atoms with E-state index in [1.165, 1.54) is 11.8 Å². The van der Waals surface area contributed by atoms with Gasteiger partial charge in [0.2, 0.25) is 17.7 Å². The first-order valence-electron chi connectivity index (χ1n) is 10.9. The minimum atomic E-state index is -0.858. The predicted octanol–water partition coefficient (Wildman–Crippen LogP) is -0.845. The summed E-state index contributed by atoms with van der Waals surface area (Å²) in [4.78, 5) is 55.0. The molecule has 3 amide bonds. The molecule has 32 heavy (non-hydrogen) atoms. The summed E-state index contributed by atoms with van der Waals surface area (Å²) in [5.74, 6) is -0.942. The predicted molar refractivity (Wildman–Crippen MR) is 118 cm³/mol. The van der Waals surface area contributed by atoms with Crippen LogP contribution in [0.25, 0.3) is 0 Å². The Kier molecular flexibility index (Phi) is 8.32. The number of benzene rings is 1. The number of aliphatic hydroxyl groups is 1. The first-order chi connectivity index (χ1) is 15.4. The number of piperazine rings is 2. The van der Waals surface area contributed by atoms with Crippen molar-refractivity contribution < 1.29 is 24.3 Å². The number of ketones is 1. The summed E-state index contributed by atoms with van der Waals surface area (Å²) in [6, 6.07) is 5.66. The maximum absolute atomic E-state index is 13.0. The van der Waals surface area contributed by atoms with Gasteiger partial charge in [-0.3, -0.25) is 29.0 Å². The minimum absolute atomic E-state index is 0.0642. The Morgan fingerprint density at radius 2 is 1.72 bits per heavy atom. The second-order valence-corrected chi connectivity index (χ2v) is 8.12. The minimum Gasteiger partial charge on any atom is -0.395 e. The van der Waals surface area contributed by atoms with Crippen LogP contribution in [0.2, 0.25) is 0 Å². The maximum Gasteiger partial charge on any atom is 0.243 e. The molecule has 174 valence electrons. The number of aliphatic hydroxyl groups excluding tert-OH is 1. The third-order valence-corrected chi connectivity index (χ3v) is 5.85. The molecule has 2 fully saturated rings. The number of hydrogen-bond donors (Lipinski definition) is 3. The van der Waals surface area contributed by atoms with Crippen molar-refractivity contribution in [2.45, 2.75) is 19.4 Å². The quantitative estimate of drug-likeness (QED) is 0.446. The van der Waals surface area contributed by atoms with Crippen molar-refractivity contribution in [3.05, 3.63) is 29.8 Å². The van der Waals surface area contributed by atoms with E-state index in [0.717, 1.165) is 13.1 Å². The fraction of sp³-hybridized carbons (Fsp3) is 0.545. The Morgan fingerprint density at radius 1 is 1.06 bits per heavy atom. The van der Waals surface area contributed by atoms with Crippen LogP contribution in [0.5, 0.6) is 0 Å². The van der Waals surface area contributed by atoms with Gasteiger partial charge in [-0.25, -0.2) is 0 Å². The molecule has 1 aromatic carbocycles. The van der Waals surface area contributed by atoms with Gasteiger partial charge in [0.1, 0.15) is 6.04 Å². The highest BCUT2D eigenvalue weighted by atomic mass is 16.3. The molecule has 0 aromatic heterocycles. The van der Waals surface area contributed by atoms with Gasteiger partial charge >= 0.3 is 0 Å². The van der Waals surface area contributed by atoms with Crippen molar-refractivity contribution >= 4 is 29.2 Å². The molecule has 1 atom stereocenters. The van der Waals surface area contributed by atoms with Gasteiger partial charge in [0, 0.05) is 57.1 Å².